The fraction of sp³-hybridized carbons (Fsp3) is 0.222. The summed E-state index contributed by atoms with van der Waals surface area (Å²) in [6.07, 6.45) is -3.74. The minimum atomic E-state index is -4.87. The van der Waals surface area contributed by atoms with Crippen molar-refractivity contribution < 1.29 is 36.2 Å². The van der Waals surface area contributed by atoms with Gasteiger partial charge in [0.2, 0.25) is 0 Å². The highest BCUT2D eigenvalue weighted by Gasteiger charge is 2.32. The normalized spacial score (nSPS) is 11.6. The molecule has 0 N–H and O–H groups in total. The van der Waals surface area contributed by atoms with E-state index in [1.165, 1.54) is 23.1 Å². The third-order valence-electron chi connectivity index (χ3n) is 5.92. The van der Waals surface area contributed by atoms with E-state index in [2.05, 4.69) is 4.74 Å². The van der Waals surface area contributed by atoms with Crippen molar-refractivity contribution >= 4 is 28.6 Å². The number of amides is 1. The molecule has 1 heterocycles. The van der Waals surface area contributed by atoms with Crippen molar-refractivity contribution in [2.24, 2.45) is 0 Å². The Morgan fingerprint density at radius 3 is 2.29 bits per heavy atom. The molecule has 0 saturated heterocycles. The maximum Gasteiger partial charge on any atom is 0.573 e. The first kappa shape index (κ1) is 27.3. The van der Waals surface area contributed by atoms with Crippen LogP contribution in [0.25, 0.3) is 22.0 Å². The second kappa shape index (κ2) is 10.9. The third kappa shape index (κ3) is 5.85. The van der Waals surface area contributed by atoms with Crippen molar-refractivity contribution in [2.45, 2.75) is 26.8 Å². The fourth-order valence-corrected chi connectivity index (χ4v) is 4.35. The molecule has 0 unspecified atom stereocenters. The first-order chi connectivity index (χ1) is 18.0. The molecule has 0 spiro atoms. The Balaban J connectivity index is 1.76. The van der Waals surface area contributed by atoms with E-state index >= 15 is 0 Å². The second-order valence-corrected chi connectivity index (χ2v) is 8.70. The van der Waals surface area contributed by atoms with Gasteiger partial charge in [-0.3, -0.25) is 0 Å². The molecule has 0 aliphatic rings. The highest BCUT2D eigenvalue weighted by molar-refractivity contribution is 6.32. The lowest BCUT2D eigenvalue weighted by atomic mass is 10.00. The molecule has 4 rings (SSSR count). The van der Waals surface area contributed by atoms with Crippen molar-refractivity contribution in [1.82, 2.24) is 9.47 Å². The Bertz CT molecular complexity index is 1480. The average Bonchev–Trinajstić information content (AvgIpc) is 3.25. The maximum absolute atomic E-state index is 14.2. The lowest BCUT2D eigenvalue weighted by Crippen LogP contribution is -2.33. The van der Waals surface area contributed by atoms with E-state index in [0.29, 0.717) is 40.7 Å². The molecule has 4 aromatic rings. The van der Waals surface area contributed by atoms with E-state index in [4.69, 9.17) is 16.3 Å². The van der Waals surface area contributed by atoms with Crippen LogP contribution < -0.4 is 9.47 Å². The van der Waals surface area contributed by atoms with Crippen LogP contribution in [0.15, 0.2) is 60.8 Å². The number of aromatic nitrogens is 1. The topological polar surface area (TPSA) is 43.7 Å². The van der Waals surface area contributed by atoms with E-state index in [-0.39, 0.29) is 17.3 Å². The summed E-state index contributed by atoms with van der Waals surface area (Å²) in [7, 11) is 0. The zero-order chi connectivity index (χ0) is 27.6. The van der Waals surface area contributed by atoms with Crippen LogP contribution in [-0.4, -0.2) is 35.0 Å². The van der Waals surface area contributed by atoms with Crippen molar-refractivity contribution in [2.75, 3.05) is 13.1 Å². The lowest BCUT2D eigenvalue weighted by molar-refractivity contribution is -0.274. The number of rotatable bonds is 7. The zero-order valence-electron chi connectivity index (χ0n) is 20.3. The number of benzene rings is 3. The molecular formula is C27H22ClF5N2O3. The Morgan fingerprint density at radius 1 is 0.947 bits per heavy atom. The smallest absolute Gasteiger partial charge is 0.410 e. The van der Waals surface area contributed by atoms with Crippen molar-refractivity contribution in [3.63, 3.8) is 0 Å². The minimum absolute atomic E-state index is 0.162. The number of nitrogens with zero attached hydrogens (tertiary/aromatic N) is 2. The van der Waals surface area contributed by atoms with E-state index in [0.717, 1.165) is 18.2 Å². The van der Waals surface area contributed by atoms with Crippen molar-refractivity contribution in [3.8, 4) is 22.6 Å². The highest BCUT2D eigenvalue weighted by Crippen LogP contribution is 2.39. The molecule has 0 saturated carbocycles. The Morgan fingerprint density at radius 2 is 1.66 bits per heavy atom. The molecule has 1 amide bonds. The first-order valence-electron chi connectivity index (χ1n) is 11.6. The van der Waals surface area contributed by atoms with Gasteiger partial charge in [-0.15, -0.1) is 13.2 Å². The van der Waals surface area contributed by atoms with Gasteiger partial charge in [0.05, 0.1) is 5.02 Å². The largest absolute Gasteiger partial charge is 0.573 e. The molecule has 11 heteroatoms. The number of hydrogen-bond acceptors (Lipinski definition) is 3. The number of halogens is 6. The molecule has 5 nitrogen and oxygen atoms in total. The van der Waals surface area contributed by atoms with Gasteiger partial charge in [-0.25, -0.2) is 13.6 Å². The molecule has 0 fully saturated rings. The SMILES string of the molecule is CCN(CC)C(=O)Oc1ccc2c(ccn2Cc2ccc(OC(F)(F)F)c(Cl)c2)c1-c1ccc(F)c(F)c1. The van der Waals surface area contributed by atoms with Crippen LogP contribution in [0.5, 0.6) is 11.5 Å². The number of alkyl halides is 3. The van der Waals surface area contributed by atoms with Crippen LogP contribution in [0.2, 0.25) is 5.02 Å². The molecular weight excluding hydrogens is 531 g/mol. The van der Waals surface area contributed by atoms with Gasteiger partial charge in [0.25, 0.3) is 0 Å². The van der Waals surface area contributed by atoms with Crippen LogP contribution in [0.1, 0.15) is 19.4 Å². The highest BCUT2D eigenvalue weighted by atomic mass is 35.5. The summed E-state index contributed by atoms with van der Waals surface area (Å²) < 4.78 is 76.9. The maximum atomic E-state index is 14.2. The molecule has 200 valence electrons. The van der Waals surface area contributed by atoms with E-state index in [1.54, 1.807) is 42.8 Å². The van der Waals surface area contributed by atoms with Gasteiger partial charge in [-0.2, -0.15) is 0 Å². The Kier molecular flexibility index (Phi) is 7.82. The number of ether oxygens (including phenoxy) is 2. The molecule has 38 heavy (non-hydrogen) atoms. The second-order valence-electron chi connectivity index (χ2n) is 8.30. The van der Waals surface area contributed by atoms with Gasteiger partial charge in [0.15, 0.2) is 11.6 Å². The molecule has 0 bridgehead atoms. The lowest BCUT2D eigenvalue weighted by Gasteiger charge is -2.20. The number of fused-ring (bicyclic) bond motifs is 1. The van der Waals surface area contributed by atoms with E-state index in [1.807, 2.05) is 0 Å². The summed E-state index contributed by atoms with van der Waals surface area (Å²) in [5.74, 6) is -2.43. The average molecular weight is 553 g/mol. The van der Waals surface area contributed by atoms with E-state index in [9.17, 15) is 26.7 Å². The standard InChI is InChI=1S/C27H22ClF5N2O3/c1-3-34(4-2)26(36)37-24-10-8-22-18(25(24)17-6-7-20(29)21(30)14-17)11-12-35(22)15-16-5-9-23(19(28)13-16)38-27(31,32)33/h5-14H,3-4,15H2,1-2H3. The van der Waals surface area contributed by atoms with Crippen molar-refractivity contribution in [1.29, 1.82) is 0 Å². The molecule has 0 aliphatic carbocycles. The monoisotopic (exact) mass is 552 g/mol. The van der Waals surface area contributed by atoms with E-state index < -0.39 is 29.8 Å². The molecule has 0 aliphatic heterocycles. The van der Waals surface area contributed by atoms with Crippen LogP contribution >= 0.6 is 11.6 Å². The van der Waals surface area contributed by atoms with Crippen LogP contribution in [0.4, 0.5) is 26.7 Å². The number of carbonyl (C=O) groups excluding carboxylic acids is 1. The zero-order valence-corrected chi connectivity index (χ0v) is 21.0. The summed E-state index contributed by atoms with van der Waals surface area (Å²) in [6.45, 7) is 4.68. The first-order valence-corrected chi connectivity index (χ1v) is 12.0. The summed E-state index contributed by atoms with van der Waals surface area (Å²) in [5.41, 5.74) is 1.92. The van der Waals surface area contributed by atoms with Gasteiger partial charge in [-0.05, 0) is 67.4 Å². The number of carbonyl (C=O) groups is 1. The van der Waals surface area contributed by atoms with Gasteiger partial charge in [0.1, 0.15) is 11.5 Å². The summed E-state index contributed by atoms with van der Waals surface area (Å²) in [6, 6.07) is 12.3. The van der Waals surface area contributed by atoms with Gasteiger partial charge >= 0.3 is 12.5 Å². The summed E-state index contributed by atoms with van der Waals surface area (Å²) in [4.78, 5) is 14.2. The fourth-order valence-electron chi connectivity index (χ4n) is 4.11. The summed E-state index contributed by atoms with van der Waals surface area (Å²) >= 11 is 5.99. The van der Waals surface area contributed by atoms with Gasteiger partial charge < -0.3 is 18.9 Å². The van der Waals surface area contributed by atoms with Crippen LogP contribution in [-0.2, 0) is 6.54 Å². The predicted molar refractivity (Wildman–Crippen MR) is 133 cm³/mol. The van der Waals surface area contributed by atoms with Gasteiger partial charge in [-0.1, -0.05) is 23.7 Å². The quantitative estimate of drug-likeness (QED) is 0.218. The molecule has 0 atom stereocenters. The Hall–Kier alpha value is -3.79. The number of hydrogen-bond donors (Lipinski definition) is 0. The third-order valence-corrected chi connectivity index (χ3v) is 6.21. The Labute approximate surface area is 219 Å². The van der Waals surface area contributed by atoms with Gasteiger partial charge in [0, 0.05) is 42.3 Å². The van der Waals surface area contributed by atoms with Crippen LogP contribution in [0, 0.1) is 11.6 Å². The summed E-state index contributed by atoms with van der Waals surface area (Å²) in [5, 5.41) is 0.383. The van der Waals surface area contributed by atoms with Crippen LogP contribution in [0.3, 0.4) is 0 Å². The molecule has 3 aromatic carbocycles. The molecule has 1 aromatic heterocycles. The predicted octanol–water partition coefficient (Wildman–Crippen LogP) is 8.03. The molecule has 0 radical (unpaired) electrons. The van der Waals surface area contributed by atoms with Crippen molar-refractivity contribution in [3.05, 3.63) is 83.0 Å². The minimum Gasteiger partial charge on any atom is -0.410 e.